The lowest BCUT2D eigenvalue weighted by atomic mass is 9.88. The molecule has 4 atom stereocenters. The first-order valence-corrected chi connectivity index (χ1v) is 13.4. The number of amides is 1. The lowest BCUT2D eigenvalue weighted by Crippen LogP contribution is -2.57. The fourth-order valence-electron chi connectivity index (χ4n) is 4.86. The monoisotopic (exact) mass is 539 g/mol. The van der Waals surface area contributed by atoms with Gasteiger partial charge < -0.3 is 14.4 Å². The Morgan fingerprint density at radius 3 is 2.08 bits per heavy atom. The highest BCUT2D eigenvalue weighted by Crippen LogP contribution is 2.44. The third-order valence-electron chi connectivity index (χ3n) is 6.56. The first-order valence-electron chi connectivity index (χ1n) is 12.6. The van der Waals surface area contributed by atoms with E-state index in [4.69, 9.17) is 32.7 Å². The maximum absolute atomic E-state index is 14.2. The second-order valence-electron chi connectivity index (χ2n) is 9.09. The van der Waals surface area contributed by atoms with Crippen LogP contribution in [-0.2, 0) is 25.5 Å². The molecule has 3 aromatic rings. The molecule has 7 heteroatoms. The van der Waals surface area contributed by atoms with Gasteiger partial charge in [-0.05, 0) is 54.3 Å². The minimum atomic E-state index is -0.777. The highest BCUT2D eigenvalue weighted by Gasteiger charge is 2.48. The normalized spacial score (nSPS) is 20.5. The Labute approximate surface area is 228 Å². The average Bonchev–Trinajstić information content (AvgIpc) is 2.90. The van der Waals surface area contributed by atoms with E-state index >= 15 is 0 Å². The van der Waals surface area contributed by atoms with Crippen molar-refractivity contribution in [3.63, 3.8) is 0 Å². The summed E-state index contributed by atoms with van der Waals surface area (Å²) in [5, 5.41) is 1.19. The lowest BCUT2D eigenvalue weighted by molar-refractivity contribution is -0.186. The number of carbonyl (C=O) groups is 2. The SMILES string of the molecule is CCC[C@H](C(=O)OCC)N1C(=O)[C@H](Cc2ccccc2)O[C@@H](c2ccc(Cl)cc2)[C@H]1c1ccc(Cl)cc1. The molecule has 1 aliphatic heterocycles. The summed E-state index contributed by atoms with van der Waals surface area (Å²) in [6, 6.07) is 23.2. The molecule has 1 aliphatic rings. The molecule has 0 saturated carbocycles. The van der Waals surface area contributed by atoms with E-state index in [0.717, 1.165) is 16.7 Å². The van der Waals surface area contributed by atoms with E-state index in [1.54, 1.807) is 36.1 Å². The van der Waals surface area contributed by atoms with Gasteiger partial charge in [-0.3, -0.25) is 4.79 Å². The van der Waals surface area contributed by atoms with E-state index in [0.29, 0.717) is 29.3 Å². The number of hydrogen-bond donors (Lipinski definition) is 0. The molecule has 5 nitrogen and oxygen atoms in total. The maximum Gasteiger partial charge on any atom is 0.328 e. The fourth-order valence-corrected chi connectivity index (χ4v) is 5.11. The summed E-state index contributed by atoms with van der Waals surface area (Å²) in [4.78, 5) is 29.1. The minimum Gasteiger partial charge on any atom is -0.464 e. The van der Waals surface area contributed by atoms with Crippen LogP contribution in [0.1, 0.15) is 55.5 Å². The Hall–Kier alpha value is -2.86. The molecule has 0 unspecified atom stereocenters. The van der Waals surface area contributed by atoms with Crippen LogP contribution in [-0.4, -0.2) is 35.5 Å². The summed E-state index contributed by atoms with van der Waals surface area (Å²) in [6.07, 6.45) is 0.241. The average molecular weight is 540 g/mol. The van der Waals surface area contributed by atoms with Crippen LogP contribution in [0.15, 0.2) is 78.9 Å². The Morgan fingerprint density at radius 2 is 1.51 bits per heavy atom. The van der Waals surface area contributed by atoms with Crippen LogP contribution in [0.4, 0.5) is 0 Å². The van der Waals surface area contributed by atoms with Gasteiger partial charge in [-0.2, -0.15) is 0 Å². The van der Waals surface area contributed by atoms with E-state index in [9.17, 15) is 9.59 Å². The van der Waals surface area contributed by atoms with Crippen LogP contribution in [0.2, 0.25) is 10.0 Å². The van der Waals surface area contributed by atoms with E-state index in [1.807, 2.05) is 61.5 Å². The second-order valence-corrected chi connectivity index (χ2v) is 9.96. The highest BCUT2D eigenvalue weighted by molar-refractivity contribution is 6.30. The van der Waals surface area contributed by atoms with E-state index in [-0.39, 0.29) is 12.5 Å². The van der Waals surface area contributed by atoms with Crippen molar-refractivity contribution < 1.29 is 19.1 Å². The molecule has 1 saturated heterocycles. The number of benzene rings is 3. The van der Waals surface area contributed by atoms with Gasteiger partial charge in [-0.15, -0.1) is 0 Å². The maximum atomic E-state index is 14.2. The molecule has 3 aromatic carbocycles. The van der Waals surface area contributed by atoms with Crippen LogP contribution in [0.25, 0.3) is 0 Å². The largest absolute Gasteiger partial charge is 0.464 e. The number of ether oxygens (including phenoxy) is 2. The van der Waals surface area contributed by atoms with Crippen LogP contribution >= 0.6 is 23.2 Å². The first-order chi connectivity index (χ1) is 17.9. The molecule has 0 aliphatic carbocycles. The molecule has 194 valence electrons. The molecule has 0 radical (unpaired) electrons. The molecular weight excluding hydrogens is 509 g/mol. The van der Waals surface area contributed by atoms with Crippen molar-refractivity contribution in [2.45, 2.75) is 57.4 Å². The third-order valence-corrected chi connectivity index (χ3v) is 7.06. The molecule has 0 aromatic heterocycles. The summed E-state index contributed by atoms with van der Waals surface area (Å²) >= 11 is 12.4. The number of nitrogens with zero attached hydrogens (tertiary/aromatic N) is 1. The molecule has 37 heavy (non-hydrogen) atoms. The number of morpholine rings is 1. The molecule has 1 amide bonds. The van der Waals surface area contributed by atoms with Gasteiger partial charge in [0, 0.05) is 16.5 Å². The van der Waals surface area contributed by atoms with Gasteiger partial charge in [-0.25, -0.2) is 4.79 Å². The van der Waals surface area contributed by atoms with E-state index < -0.39 is 30.3 Å². The van der Waals surface area contributed by atoms with Crippen molar-refractivity contribution in [1.29, 1.82) is 0 Å². The number of hydrogen-bond acceptors (Lipinski definition) is 4. The summed E-state index contributed by atoms with van der Waals surface area (Å²) in [5.74, 6) is -0.646. The molecule has 1 heterocycles. The van der Waals surface area contributed by atoms with Crippen molar-refractivity contribution in [1.82, 2.24) is 4.90 Å². The Balaban J connectivity index is 1.86. The smallest absolute Gasteiger partial charge is 0.328 e. The standard InChI is InChI=1S/C30H31Cl2NO4/c1-3-8-25(30(35)36-4-2)33-27(21-11-15-23(31)16-12-21)28(22-13-17-24(32)18-14-22)37-26(29(33)34)19-20-9-6-5-7-10-20/h5-7,9-18,25-28H,3-4,8,19H2,1-2H3/t25-,26+,27-,28+/m1/s1. The zero-order valence-corrected chi connectivity index (χ0v) is 22.5. The lowest BCUT2D eigenvalue weighted by Gasteiger charge is -2.47. The Kier molecular flexibility index (Phi) is 9.25. The predicted octanol–water partition coefficient (Wildman–Crippen LogP) is 6.98. The summed E-state index contributed by atoms with van der Waals surface area (Å²) in [7, 11) is 0. The van der Waals surface area contributed by atoms with Crippen LogP contribution in [0.5, 0.6) is 0 Å². The fraction of sp³-hybridized carbons (Fsp3) is 0.333. The van der Waals surface area contributed by atoms with Crippen LogP contribution in [0.3, 0.4) is 0 Å². The number of rotatable bonds is 9. The van der Waals surface area contributed by atoms with Crippen LogP contribution < -0.4 is 0 Å². The molecule has 0 N–H and O–H groups in total. The summed E-state index contributed by atoms with van der Waals surface area (Å²) in [5.41, 5.74) is 2.66. The summed E-state index contributed by atoms with van der Waals surface area (Å²) in [6.45, 7) is 4.00. The van der Waals surface area contributed by atoms with Gasteiger partial charge in [0.25, 0.3) is 5.91 Å². The van der Waals surface area contributed by atoms with Crippen molar-refractivity contribution >= 4 is 35.1 Å². The number of halogens is 2. The van der Waals surface area contributed by atoms with Gasteiger partial charge in [-0.1, -0.05) is 91.1 Å². The molecule has 0 spiro atoms. The molecule has 4 rings (SSSR count). The minimum absolute atomic E-state index is 0.233. The van der Waals surface area contributed by atoms with Gasteiger partial charge in [0.05, 0.1) is 12.6 Å². The van der Waals surface area contributed by atoms with Crippen molar-refractivity contribution in [2.24, 2.45) is 0 Å². The topological polar surface area (TPSA) is 55.8 Å². The summed E-state index contributed by atoms with van der Waals surface area (Å²) < 4.78 is 12.1. The quantitative estimate of drug-likeness (QED) is 0.275. The number of esters is 1. The van der Waals surface area contributed by atoms with E-state index in [2.05, 4.69) is 0 Å². The van der Waals surface area contributed by atoms with Gasteiger partial charge in [0.2, 0.25) is 0 Å². The molecule has 0 bridgehead atoms. The number of carbonyl (C=O) groups excluding carboxylic acids is 2. The van der Waals surface area contributed by atoms with Gasteiger partial charge in [0.15, 0.2) is 0 Å². The van der Waals surface area contributed by atoms with Gasteiger partial charge in [0.1, 0.15) is 18.2 Å². The van der Waals surface area contributed by atoms with Crippen LogP contribution in [0, 0.1) is 0 Å². The van der Waals surface area contributed by atoms with Crippen molar-refractivity contribution in [3.8, 4) is 0 Å². The van der Waals surface area contributed by atoms with E-state index in [1.165, 1.54) is 0 Å². The van der Waals surface area contributed by atoms with Gasteiger partial charge >= 0.3 is 5.97 Å². The molecular formula is C30H31Cl2NO4. The zero-order valence-electron chi connectivity index (χ0n) is 21.0. The first kappa shape index (κ1) is 27.2. The Morgan fingerprint density at radius 1 is 0.919 bits per heavy atom. The highest BCUT2D eigenvalue weighted by atomic mass is 35.5. The second kappa shape index (κ2) is 12.6. The van der Waals surface area contributed by atoms with Crippen molar-refractivity contribution in [3.05, 3.63) is 106 Å². The zero-order chi connectivity index (χ0) is 26.4. The Bertz CT molecular complexity index is 1180. The predicted molar refractivity (Wildman–Crippen MR) is 146 cm³/mol. The molecule has 1 fully saturated rings. The van der Waals surface area contributed by atoms with Crippen molar-refractivity contribution in [2.75, 3.05) is 6.61 Å². The third kappa shape index (κ3) is 6.35.